The van der Waals surface area contributed by atoms with Gasteiger partial charge < -0.3 is 5.73 Å². The summed E-state index contributed by atoms with van der Waals surface area (Å²) in [4.78, 5) is 0. The Balaban J connectivity index is 2.28. The maximum Gasteiger partial charge on any atom is 0.144 e. The van der Waals surface area contributed by atoms with E-state index in [2.05, 4.69) is 26.2 Å². The summed E-state index contributed by atoms with van der Waals surface area (Å²) in [5.41, 5.74) is 6.59. The fourth-order valence-corrected chi connectivity index (χ4v) is 1.44. The van der Waals surface area contributed by atoms with Crippen LogP contribution in [0, 0.1) is 0 Å². The van der Waals surface area contributed by atoms with Crippen LogP contribution in [0.25, 0.3) is 0 Å². The minimum Gasteiger partial charge on any atom is -0.382 e. The second kappa shape index (κ2) is 3.30. The molecule has 0 aromatic heterocycles. The number of nitrogens with two attached hydrogens (primary N) is 1. The van der Waals surface area contributed by atoms with Gasteiger partial charge in [-0.2, -0.15) is 5.11 Å². The number of benzene rings is 1. The van der Waals surface area contributed by atoms with Gasteiger partial charge in [-0.1, -0.05) is 28.1 Å². The minimum absolute atomic E-state index is 0.00639. The molecule has 1 heterocycles. The van der Waals surface area contributed by atoms with Crippen LogP contribution in [0.3, 0.4) is 0 Å². The van der Waals surface area contributed by atoms with Crippen molar-refractivity contribution in [2.45, 2.75) is 6.04 Å². The third kappa shape index (κ3) is 1.78. The number of azo groups is 1. The topological polar surface area (TPSA) is 50.7 Å². The summed E-state index contributed by atoms with van der Waals surface area (Å²) in [6, 6.07) is 7.96. The van der Waals surface area contributed by atoms with E-state index >= 15 is 0 Å². The monoisotopic (exact) mass is 237 g/mol. The first-order chi connectivity index (χ1) is 6.25. The van der Waals surface area contributed by atoms with Gasteiger partial charge in [-0.05, 0) is 23.8 Å². The van der Waals surface area contributed by atoms with Crippen LogP contribution in [0.15, 0.2) is 50.9 Å². The molecule has 1 aliphatic heterocycles. The summed E-state index contributed by atoms with van der Waals surface area (Å²) >= 11 is 3.37. The zero-order valence-electron chi connectivity index (χ0n) is 6.81. The Morgan fingerprint density at radius 1 is 1.23 bits per heavy atom. The molecule has 0 amide bonds. The van der Waals surface area contributed by atoms with Crippen molar-refractivity contribution >= 4 is 15.9 Å². The van der Waals surface area contributed by atoms with Gasteiger partial charge in [0.25, 0.3) is 0 Å². The molecule has 0 fully saturated rings. The molecule has 2 rings (SSSR count). The Morgan fingerprint density at radius 3 is 2.46 bits per heavy atom. The number of hydrogen-bond donors (Lipinski definition) is 1. The van der Waals surface area contributed by atoms with E-state index in [1.807, 2.05) is 30.3 Å². The van der Waals surface area contributed by atoms with Gasteiger partial charge in [0.2, 0.25) is 0 Å². The molecule has 3 nitrogen and oxygen atoms in total. The highest BCUT2D eigenvalue weighted by molar-refractivity contribution is 9.10. The van der Waals surface area contributed by atoms with E-state index in [0.717, 1.165) is 10.0 Å². The molecular formula is C9H8BrN3. The number of hydrogen-bond acceptors (Lipinski definition) is 3. The summed E-state index contributed by atoms with van der Waals surface area (Å²) in [6.07, 6.45) is 1.84. The standard InChI is InChI=1S/C9H8BrN3/c10-7-3-1-6(2-4-7)8-5-9(11)13-12-8/h1-5,8H,11H2/t8-/m1/s1. The van der Waals surface area contributed by atoms with Gasteiger partial charge in [0.1, 0.15) is 11.9 Å². The summed E-state index contributed by atoms with van der Waals surface area (Å²) in [5, 5.41) is 7.78. The molecule has 13 heavy (non-hydrogen) atoms. The highest BCUT2D eigenvalue weighted by atomic mass is 79.9. The van der Waals surface area contributed by atoms with Gasteiger partial charge in [0.15, 0.2) is 0 Å². The SMILES string of the molecule is NC1=C[C@H](c2ccc(Br)cc2)N=N1. The van der Waals surface area contributed by atoms with Gasteiger partial charge in [-0.25, -0.2) is 0 Å². The third-order valence-electron chi connectivity index (χ3n) is 1.84. The average Bonchev–Trinajstić information content (AvgIpc) is 2.53. The van der Waals surface area contributed by atoms with Crippen molar-refractivity contribution in [1.29, 1.82) is 0 Å². The first kappa shape index (κ1) is 8.44. The van der Waals surface area contributed by atoms with Crippen molar-refractivity contribution in [3.05, 3.63) is 46.2 Å². The second-order valence-electron chi connectivity index (χ2n) is 2.80. The molecule has 1 aromatic carbocycles. The van der Waals surface area contributed by atoms with Crippen molar-refractivity contribution in [1.82, 2.24) is 0 Å². The lowest BCUT2D eigenvalue weighted by Crippen LogP contribution is -1.91. The van der Waals surface area contributed by atoms with Gasteiger partial charge >= 0.3 is 0 Å². The molecule has 0 spiro atoms. The van der Waals surface area contributed by atoms with Gasteiger partial charge in [0, 0.05) is 4.47 Å². The van der Waals surface area contributed by atoms with Crippen LogP contribution in [0.5, 0.6) is 0 Å². The molecule has 1 aliphatic rings. The zero-order valence-corrected chi connectivity index (χ0v) is 8.40. The van der Waals surface area contributed by atoms with Gasteiger partial charge in [-0.3, -0.25) is 0 Å². The van der Waals surface area contributed by atoms with Gasteiger partial charge in [-0.15, -0.1) is 5.11 Å². The predicted molar refractivity (Wildman–Crippen MR) is 54.0 cm³/mol. The predicted octanol–water partition coefficient (Wildman–Crippen LogP) is 2.76. The highest BCUT2D eigenvalue weighted by Gasteiger charge is 2.12. The molecule has 1 aromatic rings. The third-order valence-corrected chi connectivity index (χ3v) is 2.37. The molecule has 0 unspecified atom stereocenters. The first-order valence-electron chi connectivity index (χ1n) is 3.89. The quantitative estimate of drug-likeness (QED) is 0.803. The van der Waals surface area contributed by atoms with E-state index in [9.17, 15) is 0 Å². The molecule has 0 aliphatic carbocycles. The Labute approximate surface area is 84.5 Å². The largest absolute Gasteiger partial charge is 0.382 e. The van der Waals surface area contributed by atoms with Crippen LogP contribution in [0.2, 0.25) is 0 Å². The summed E-state index contributed by atoms with van der Waals surface area (Å²) in [6.45, 7) is 0. The summed E-state index contributed by atoms with van der Waals surface area (Å²) in [5.74, 6) is 0.493. The second-order valence-corrected chi connectivity index (χ2v) is 3.72. The average molecular weight is 238 g/mol. The van der Waals surface area contributed by atoms with Crippen LogP contribution in [0.1, 0.15) is 11.6 Å². The molecule has 0 radical (unpaired) electrons. The summed E-state index contributed by atoms with van der Waals surface area (Å²) < 4.78 is 1.06. The van der Waals surface area contributed by atoms with E-state index in [0.29, 0.717) is 5.82 Å². The van der Waals surface area contributed by atoms with E-state index in [4.69, 9.17) is 5.73 Å². The number of halogens is 1. The van der Waals surface area contributed by atoms with Crippen LogP contribution >= 0.6 is 15.9 Å². The molecule has 0 saturated heterocycles. The Hall–Kier alpha value is -1.16. The van der Waals surface area contributed by atoms with Crippen molar-refractivity contribution in [2.24, 2.45) is 16.0 Å². The Morgan fingerprint density at radius 2 is 1.92 bits per heavy atom. The fourth-order valence-electron chi connectivity index (χ4n) is 1.18. The maximum absolute atomic E-state index is 5.48. The minimum atomic E-state index is -0.00639. The normalized spacial score (nSPS) is 20.4. The molecule has 0 saturated carbocycles. The lowest BCUT2D eigenvalue weighted by Gasteiger charge is -2.02. The van der Waals surface area contributed by atoms with E-state index in [1.54, 1.807) is 0 Å². The maximum atomic E-state index is 5.48. The first-order valence-corrected chi connectivity index (χ1v) is 4.68. The van der Waals surface area contributed by atoms with Crippen molar-refractivity contribution in [3.8, 4) is 0 Å². The summed E-state index contributed by atoms with van der Waals surface area (Å²) in [7, 11) is 0. The zero-order chi connectivity index (χ0) is 9.26. The van der Waals surface area contributed by atoms with Crippen molar-refractivity contribution < 1.29 is 0 Å². The Bertz CT molecular complexity index is 367. The van der Waals surface area contributed by atoms with E-state index in [1.165, 1.54) is 0 Å². The van der Waals surface area contributed by atoms with Crippen LogP contribution in [-0.4, -0.2) is 0 Å². The van der Waals surface area contributed by atoms with Crippen molar-refractivity contribution in [3.63, 3.8) is 0 Å². The Kier molecular flexibility index (Phi) is 2.14. The van der Waals surface area contributed by atoms with Crippen LogP contribution in [0.4, 0.5) is 0 Å². The van der Waals surface area contributed by atoms with Gasteiger partial charge in [0.05, 0.1) is 0 Å². The molecule has 0 bridgehead atoms. The van der Waals surface area contributed by atoms with Crippen LogP contribution in [-0.2, 0) is 0 Å². The number of nitrogens with zero attached hydrogens (tertiary/aromatic N) is 2. The lowest BCUT2D eigenvalue weighted by atomic mass is 10.1. The van der Waals surface area contributed by atoms with Crippen molar-refractivity contribution in [2.75, 3.05) is 0 Å². The lowest BCUT2D eigenvalue weighted by molar-refractivity contribution is 0.878. The molecule has 66 valence electrons. The molecule has 2 N–H and O–H groups in total. The number of rotatable bonds is 1. The van der Waals surface area contributed by atoms with E-state index in [-0.39, 0.29) is 6.04 Å². The smallest absolute Gasteiger partial charge is 0.144 e. The fraction of sp³-hybridized carbons (Fsp3) is 0.111. The van der Waals surface area contributed by atoms with Crippen LogP contribution < -0.4 is 5.73 Å². The highest BCUT2D eigenvalue weighted by Crippen LogP contribution is 2.26. The molecule has 1 atom stereocenters. The molecular weight excluding hydrogens is 230 g/mol. The molecule has 4 heteroatoms. The van der Waals surface area contributed by atoms with E-state index < -0.39 is 0 Å².